The number of carbonyl (C=O) groups is 2. The molecule has 0 saturated carbocycles. The predicted molar refractivity (Wildman–Crippen MR) is 120 cm³/mol. The van der Waals surface area contributed by atoms with Crippen molar-refractivity contribution < 1.29 is 23.8 Å². The first-order valence-electron chi connectivity index (χ1n) is 9.30. The fourth-order valence-electron chi connectivity index (χ4n) is 2.58. The molecule has 0 saturated heterocycles. The van der Waals surface area contributed by atoms with Crippen molar-refractivity contribution in [2.24, 2.45) is 0 Å². The minimum atomic E-state index is -0.477. The first-order chi connectivity index (χ1) is 15.0. The van der Waals surface area contributed by atoms with Gasteiger partial charge < -0.3 is 14.2 Å². The molecule has 0 spiro atoms. The van der Waals surface area contributed by atoms with E-state index in [1.807, 2.05) is 36.4 Å². The van der Waals surface area contributed by atoms with E-state index in [0.717, 1.165) is 10.8 Å². The molecule has 31 heavy (non-hydrogen) atoms. The van der Waals surface area contributed by atoms with Gasteiger partial charge in [-0.05, 0) is 59.4 Å². The number of hydrogen-bond donors (Lipinski definition) is 3. The summed E-state index contributed by atoms with van der Waals surface area (Å²) in [5, 5.41) is 4.43. The first-order valence-corrected chi connectivity index (χ1v) is 9.71. The Bertz CT molecular complexity index is 1070. The molecular weight excluding hydrogens is 418 g/mol. The maximum absolute atomic E-state index is 11.9. The molecule has 8 nitrogen and oxygen atoms in total. The van der Waals surface area contributed by atoms with Crippen LogP contribution in [0.15, 0.2) is 66.7 Å². The molecule has 160 valence electrons. The van der Waals surface area contributed by atoms with Gasteiger partial charge in [0, 0.05) is 0 Å². The lowest BCUT2D eigenvalue weighted by atomic mass is 10.1. The molecule has 0 unspecified atom stereocenters. The number of ether oxygens (including phenoxy) is 3. The third kappa shape index (κ3) is 6.86. The Morgan fingerprint density at radius 1 is 0.774 bits per heavy atom. The molecule has 3 rings (SSSR count). The molecular formula is C22H21N3O5S. The summed E-state index contributed by atoms with van der Waals surface area (Å²) >= 11 is 4.97. The lowest BCUT2D eigenvalue weighted by Gasteiger charge is -2.12. The number of fused-ring (bicyclic) bond motifs is 1. The number of benzene rings is 3. The third-order valence-corrected chi connectivity index (χ3v) is 4.29. The summed E-state index contributed by atoms with van der Waals surface area (Å²) in [6.07, 6.45) is 0. The summed E-state index contributed by atoms with van der Waals surface area (Å²) in [4.78, 5) is 23.8. The summed E-state index contributed by atoms with van der Waals surface area (Å²) in [6.45, 7) is -0.463. The molecule has 0 aliphatic heterocycles. The van der Waals surface area contributed by atoms with Gasteiger partial charge in [0.2, 0.25) is 0 Å². The quantitative estimate of drug-likeness (QED) is 0.384. The molecule has 0 aliphatic carbocycles. The van der Waals surface area contributed by atoms with Gasteiger partial charge in [0.1, 0.15) is 17.2 Å². The molecule has 0 bridgehead atoms. The highest BCUT2D eigenvalue weighted by Gasteiger charge is 2.08. The van der Waals surface area contributed by atoms with Crippen LogP contribution in [0, 0.1) is 0 Å². The van der Waals surface area contributed by atoms with Crippen molar-refractivity contribution in [1.29, 1.82) is 0 Å². The number of carbonyl (C=O) groups excluding carboxylic acids is 2. The summed E-state index contributed by atoms with van der Waals surface area (Å²) in [6, 6.07) is 20.2. The van der Waals surface area contributed by atoms with Crippen LogP contribution in [-0.2, 0) is 9.59 Å². The van der Waals surface area contributed by atoms with Gasteiger partial charge in [0.05, 0.1) is 7.11 Å². The SMILES string of the molecule is COc1ccc(OCC(=O)NC(=S)NNC(=O)COc2ccc3ccccc3c2)cc1. The Morgan fingerprint density at radius 3 is 2.13 bits per heavy atom. The van der Waals surface area contributed by atoms with E-state index in [-0.39, 0.29) is 18.3 Å². The zero-order valence-electron chi connectivity index (χ0n) is 16.7. The first kappa shape index (κ1) is 21.8. The van der Waals surface area contributed by atoms with Crippen LogP contribution >= 0.6 is 12.2 Å². The van der Waals surface area contributed by atoms with Gasteiger partial charge in [0.25, 0.3) is 11.8 Å². The van der Waals surface area contributed by atoms with Crippen LogP contribution in [-0.4, -0.2) is 37.3 Å². The van der Waals surface area contributed by atoms with Gasteiger partial charge in [-0.1, -0.05) is 30.3 Å². The standard InChI is InChI=1S/C22H21N3O5S/c1-28-17-8-10-18(11-9-17)29-13-20(26)23-22(31)25-24-21(27)14-30-19-7-6-15-4-2-3-5-16(15)12-19/h2-12H,13-14H2,1H3,(H,24,27)(H2,23,25,26,31). The molecule has 3 N–H and O–H groups in total. The summed E-state index contributed by atoms with van der Waals surface area (Å²) in [5.41, 5.74) is 4.80. The predicted octanol–water partition coefficient (Wildman–Crippen LogP) is 2.33. The fraction of sp³-hybridized carbons (Fsp3) is 0.136. The molecule has 2 amide bonds. The molecule has 0 heterocycles. The van der Waals surface area contributed by atoms with Crippen molar-refractivity contribution in [3.63, 3.8) is 0 Å². The number of thiocarbonyl (C=S) groups is 1. The van der Waals surface area contributed by atoms with Crippen LogP contribution < -0.4 is 30.4 Å². The number of rotatable bonds is 7. The Kier molecular flexibility index (Phi) is 7.61. The zero-order valence-corrected chi connectivity index (χ0v) is 17.5. The molecule has 0 radical (unpaired) electrons. The second-order valence-corrected chi connectivity index (χ2v) is 6.72. The van der Waals surface area contributed by atoms with Crippen molar-refractivity contribution in [3.8, 4) is 17.2 Å². The van der Waals surface area contributed by atoms with Gasteiger partial charge in [-0.2, -0.15) is 0 Å². The van der Waals surface area contributed by atoms with Crippen LogP contribution in [0.3, 0.4) is 0 Å². The summed E-state index contributed by atoms with van der Waals surface area (Å²) in [7, 11) is 1.56. The van der Waals surface area contributed by atoms with E-state index < -0.39 is 11.8 Å². The average molecular weight is 439 g/mol. The van der Waals surface area contributed by atoms with Crippen molar-refractivity contribution in [3.05, 3.63) is 66.7 Å². The maximum Gasteiger partial charge on any atom is 0.276 e. The summed E-state index contributed by atoms with van der Waals surface area (Å²) < 4.78 is 15.9. The van der Waals surface area contributed by atoms with E-state index >= 15 is 0 Å². The van der Waals surface area contributed by atoms with Gasteiger partial charge in [-0.3, -0.25) is 25.8 Å². The van der Waals surface area contributed by atoms with Crippen molar-refractivity contribution in [1.82, 2.24) is 16.2 Å². The maximum atomic E-state index is 11.9. The zero-order chi connectivity index (χ0) is 22.1. The molecule has 0 fully saturated rings. The Hall–Kier alpha value is -3.85. The number of nitrogens with one attached hydrogen (secondary N) is 3. The van der Waals surface area contributed by atoms with E-state index in [0.29, 0.717) is 17.2 Å². The Balaban J connectivity index is 1.35. The van der Waals surface area contributed by atoms with E-state index in [9.17, 15) is 9.59 Å². The normalized spacial score (nSPS) is 10.1. The van der Waals surface area contributed by atoms with E-state index in [1.165, 1.54) is 0 Å². The number of methoxy groups -OCH3 is 1. The Morgan fingerprint density at radius 2 is 1.39 bits per heavy atom. The van der Waals surface area contributed by atoms with Crippen LogP contribution in [0.25, 0.3) is 10.8 Å². The van der Waals surface area contributed by atoms with E-state index in [2.05, 4.69) is 16.2 Å². The van der Waals surface area contributed by atoms with Crippen LogP contribution in [0.1, 0.15) is 0 Å². The minimum absolute atomic E-state index is 0.0672. The van der Waals surface area contributed by atoms with Crippen LogP contribution in [0.5, 0.6) is 17.2 Å². The monoisotopic (exact) mass is 439 g/mol. The lowest BCUT2D eigenvalue weighted by Crippen LogP contribution is -2.50. The highest BCUT2D eigenvalue weighted by molar-refractivity contribution is 7.80. The van der Waals surface area contributed by atoms with Crippen molar-refractivity contribution in [2.75, 3.05) is 20.3 Å². The second-order valence-electron chi connectivity index (χ2n) is 6.31. The fourth-order valence-corrected chi connectivity index (χ4v) is 2.75. The lowest BCUT2D eigenvalue weighted by molar-refractivity contribution is -0.124. The number of amides is 2. The van der Waals surface area contributed by atoms with Gasteiger partial charge in [0.15, 0.2) is 18.3 Å². The van der Waals surface area contributed by atoms with E-state index in [4.69, 9.17) is 26.4 Å². The smallest absolute Gasteiger partial charge is 0.276 e. The molecule has 3 aromatic rings. The largest absolute Gasteiger partial charge is 0.497 e. The Labute approximate surface area is 184 Å². The van der Waals surface area contributed by atoms with Gasteiger partial charge >= 0.3 is 0 Å². The molecule has 0 atom stereocenters. The van der Waals surface area contributed by atoms with Crippen LogP contribution in [0.2, 0.25) is 0 Å². The van der Waals surface area contributed by atoms with Crippen molar-refractivity contribution in [2.45, 2.75) is 0 Å². The molecule has 0 aromatic heterocycles. The summed E-state index contributed by atoms with van der Waals surface area (Å²) in [5.74, 6) is 0.825. The highest BCUT2D eigenvalue weighted by Crippen LogP contribution is 2.20. The highest BCUT2D eigenvalue weighted by atomic mass is 32.1. The van der Waals surface area contributed by atoms with Crippen molar-refractivity contribution >= 4 is 39.9 Å². The van der Waals surface area contributed by atoms with Gasteiger partial charge in [-0.25, -0.2) is 0 Å². The van der Waals surface area contributed by atoms with E-state index in [1.54, 1.807) is 37.4 Å². The average Bonchev–Trinajstić information content (AvgIpc) is 2.80. The number of hydrogen-bond acceptors (Lipinski definition) is 6. The molecule has 3 aromatic carbocycles. The molecule has 9 heteroatoms. The molecule has 0 aliphatic rings. The number of hydrazine groups is 1. The topological polar surface area (TPSA) is 97.9 Å². The second kappa shape index (κ2) is 10.8. The third-order valence-electron chi connectivity index (χ3n) is 4.09. The van der Waals surface area contributed by atoms with Crippen LogP contribution in [0.4, 0.5) is 0 Å². The minimum Gasteiger partial charge on any atom is -0.497 e. The van der Waals surface area contributed by atoms with Gasteiger partial charge in [-0.15, -0.1) is 0 Å².